The molecule has 1 heterocycles. The smallest absolute Gasteiger partial charge is 0.335 e. The molecule has 6 atom stereocenters. The maximum atomic E-state index is 10.7. The predicted octanol–water partition coefficient (Wildman–Crippen LogP) is -2.72. The van der Waals surface area contributed by atoms with Crippen LogP contribution in [0.4, 0.5) is 0 Å². The second-order valence-corrected chi connectivity index (χ2v) is 3.86. The highest BCUT2D eigenvalue weighted by atomic mass is 16.7. The predicted molar refractivity (Wildman–Crippen MR) is 52.0 cm³/mol. The molecule has 3 unspecified atom stereocenters. The van der Waals surface area contributed by atoms with Gasteiger partial charge in [0.15, 0.2) is 12.4 Å². The molecule has 8 nitrogen and oxygen atoms in total. The zero-order chi connectivity index (χ0) is 13.2. The van der Waals surface area contributed by atoms with E-state index in [0.717, 1.165) is 0 Å². The van der Waals surface area contributed by atoms with Gasteiger partial charge in [-0.15, -0.1) is 0 Å². The summed E-state index contributed by atoms with van der Waals surface area (Å²) in [4.78, 5) is 10.7. The molecule has 1 saturated heterocycles. The first-order chi connectivity index (χ1) is 7.88. The van der Waals surface area contributed by atoms with Gasteiger partial charge in [0.05, 0.1) is 12.7 Å². The van der Waals surface area contributed by atoms with Crippen LogP contribution >= 0.6 is 0 Å². The lowest BCUT2D eigenvalue weighted by Gasteiger charge is -2.39. The van der Waals surface area contributed by atoms with Crippen LogP contribution in [0.1, 0.15) is 6.92 Å². The van der Waals surface area contributed by atoms with Gasteiger partial charge in [0, 0.05) is 0 Å². The van der Waals surface area contributed by atoms with E-state index in [9.17, 15) is 20.1 Å². The van der Waals surface area contributed by atoms with Crippen molar-refractivity contribution in [2.45, 2.75) is 43.7 Å². The van der Waals surface area contributed by atoms with Gasteiger partial charge in [0.25, 0.3) is 0 Å². The van der Waals surface area contributed by atoms with Gasteiger partial charge in [-0.1, -0.05) is 0 Å². The number of carboxylic acid groups (broad SMARTS) is 1. The van der Waals surface area contributed by atoms with Gasteiger partial charge in [-0.25, -0.2) is 4.79 Å². The Morgan fingerprint density at radius 3 is 2.35 bits per heavy atom. The highest BCUT2D eigenvalue weighted by Gasteiger charge is 2.47. The molecule has 0 amide bonds. The van der Waals surface area contributed by atoms with Gasteiger partial charge in [-0.3, -0.25) is 0 Å². The summed E-state index contributed by atoms with van der Waals surface area (Å²) in [5, 5.41) is 45.8. The van der Waals surface area contributed by atoms with Gasteiger partial charge >= 0.3 is 5.97 Å². The number of carbonyl (C=O) groups is 1. The third kappa shape index (κ3) is 3.12. The van der Waals surface area contributed by atoms with E-state index in [1.165, 1.54) is 6.92 Å². The van der Waals surface area contributed by atoms with Crippen LogP contribution in [0.3, 0.4) is 0 Å². The summed E-state index contributed by atoms with van der Waals surface area (Å²) in [6.07, 6.45) is -8.84. The van der Waals surface area contributed by atoms with E-state index >= 15 is 0 Å². The molecule has 0 aromatic heterocycles. The third-order valence-electron chi connectivity index (χ3n) is 2.44. The lowest BCUT2D eigenvalue weighted by atomic mass is 9.99. The zero-order valence-corrected chi connectivity index (χ0v) is 9.13. The number of hydrogen-bond acceptors (Lipinski definition) is 7. The second-order valence-electron chi connectivity index (χ2n) is 3.86. The molecule has 0 saturated carbocycles. The van der Waals surface area contributed by atoms with Crippen molar-refractivity contribution in [2.24, 2.45) is 0 Å². The monoisotopic (exact) mass is 252 g/mol. The Balaban J connectivity index is 2.74. The highest BCUT2D eigenvalue weighted by molar-refractivity contribution is 5.73. The molecular formula is C9H16O8. The molecular weight excluding hydrogens is 236 g/mol. The number of rotatable bonds is 4. The molecule has 1 aliphatic heterocycles. The Morgan fingerprint density at radius 1 is 1.29 bits per heavy atom. The Labute approximate surface area is 97.0 Å². The van der Waals surface area contributed by atoms with E-state index in [1.807, 2.05) is 0 Å². The van der Waals surface area contributed by atoms with E-state index in [2.05, 4.69) is 0 Å². The molecule has 8 heteroatoms. The molecule has 17 heavy (non-hydrogen) atoms. The van der Waals surface area contributed by atoms with Crippen molar-refractivity contribution in [3.05, 3.63) is 0 Å². The van der Waals surface area contributed by atoms with Crippen molar-refractivity contribution in [3.8, 4) is 0 Å². The summed E-state index contributed by atoms with van der Waals surface area (Å²) in [5.41, 5.74) is 0. The zero-order valence-electron chi connectivity index (χ0n) is 9.13. The van der Waals surface area contributed by atoms with Crippen LogP contribution in [0, 0.1) is 0 Å². The van der Waals surface area contributed by atoms with Gasteiger partial charge in [-0.2, -0.15) is 0 Å². The topological polar surface area (TPSA) is 137 Å². The lowest BCUT2D eigenvalue weighted by molar-refractivity contribution is -0.304. The molecule has 0 aromatic carbocycles. The summed E-state index contributed by atoms with van der Waals surface area (Å²) in [5.74, 6) is -1.48. The average molecular weight is 252 g/mol. The second kappa shape index (κ2) is 5.71. The first-order valence-electron chi connectivity index (χ1n) is 5.07. The van der Waals surface area contributed by atoms with Crippen molar-refractivity contribution < 1.29 is 39.8 Å². The van der Waals surface area contributed by atoms with Crippen LogP contribution < -0.4 is 0 Å². The van der Waals surface area contributed by atoms with Crippen molar-refractivity contribution in [1.82, 2.24) is 0 Å². The molecule has 1 rings (SSSR count). The summed E-state index contributed by atoms with van der Waals surface area (Å²) < 4.78 is 9.82. The molecule has 100 valence electrons. The molecule has 0 bridgehead atoms. The molecule has 1 aliphatic rings. The van der Waals surface area contributed by atoms with E-state index in [0.29, 0.717) is 0 Å². The van der Waals surface area contributed by atoms with Crippen molar-refractivity contribution in [3.63, 3.8) is 0 Å². The number of carboxylic acids is 1. The van der Waals surface area contributed by atoms with Gasteiger partial charge in [0.2, 0.25) is 0 Å². The number of aliphatic hydroxyl groups excluding tert-OH is 4. The van der Waals surface area contributed by atoms with Crippen molar-refractivity contribution in [2.75, 3.05) is 6.61 Å². The van der Waals surface area contributed by atoms with E-state index in [1.54, 1.807) is 0 Å². The summed E-state index contributed by atoms with van der Waals surface area (Å²) in [6, 6.07) is 0. The highest BCUT2D eigenvalue weighted by Crippen LogP contribution is 2.23. The van der Waals surface area contributed by atoms with Gasteiger partial charge in [-0.05, 0) is 6.92 Å². The summed E-state index contributed by atoms with van der Waals surface area (Å²) in [7, 11) is 0. The number of aliphatic carboxylic acids is 1. The van der Waals surface area contributed by atoms with Crippen LogP contribution in [0.2, 0.25) is 0 Å². The maximum absolute atomic E-state index is 10.7. The van der Waals surface area contributed by atoms with Gasteiger partial charge < -0.3 is 35.0 Å². The van der Waals surface area contributed by atoms with Gasteiger partial charge in [0.1, 0.15) is 18.3 Å². The van der Waals surface area contributed by atoms with Crippen LogP contribution in [0.15, 0.2) is 0 Å². The molecule has 0 aliphatic carbocycles. The third-order valence-corrected chi connectivity index (χ3v) is 2.44. The molecule has 5 N–H and O–H groups in total. The normalized spacial score (nSPS) is 39.9. The van der Waals surface area contributed by atoms with E-state index < -0.39 is 42.8 Å². The standard InChI is InChI=1S/C9H16O8/c1-3(2-10)16-9-6(13)4(11)5(12)7(17-9)8(14)15/h3-7,9-13H,2H2,1H3,(H,14,15)/t3?,4?,5-,6+,7?,9+/m0/s1. The minimum atomic E-state index is -1.74. The summed E-state index contributed by atoms with van der Waals surface area (Å²) in [6.45, 7) is 1.12. The lowest BCUT2D eigenvalue weighted by Crippen LogP contribution is -2.60. The first kappa shape index (κ1) is 14.3. The minimum Gasteiger partial charge on any atom is -0.479 e. The molecule has 1 fully saturated rings. The van der Waals surface area contributed by atoms with Crippen molar-refractivity contribution in [1.29, 1.82) is 0 Å². The first-order valence-corrected chi connectivity index (χ1v) is 5.07. The minimum absolute atomic E-state index is 0.358. The summed E-state index contributed by atoms with van der Waals surface area (Å²) >= 11 is 0. The van der Waals surface area contributed by atoms with Crippen LogP contribution in [0.25, 0.3) is 0 Å². The fraction of sp³-hybridized carbons (Fsp3) is 0.889. The Kier molecular flexibility index (Phi) is 4.80. The quantitative estimate of drug-likeness (QED) is 0.364. The molecule has 0 radical (unpaired) electrons. The fourth-order valence-electron chi connectivity index (χ4n) is 1.44. The maximum Gasteiger partial charge on any atom is 0.335 e. The molecule has 0 aromatic rings. The Morgan fingerprint density at radius 2 is 1.88 bits per heavy atom. The molecule has 0 spiro atoms. The van der Waals surface area contributed by atoms with Crippen molar-refractivity contribution >= 4 is 5.97 Å². The van der Waals surface area contributed by atoms with Crippen LogP contribution in [0.5, 0.6) is 0 Å². The Bertz CT molecular complexity index is 270. The average Bonchev–Trinajstić information content (AvgIpc) is 2.29. The SMILES string of the molecule is CC(CO)O[C@@H]1OC(C(=O)O)[C@@H](O)C(O)[C@H]1O. The number of ether oxygens (including phenoxy) is 2. The Hall–Kier alpha value is -0.770. The van der Waals surface area contributed by atoms with Crippen LogP contribution in [-0.2, 0) is 14.3 Å². The van der Waals surface area contributed by atoms with E-state index in [4.69, 9.17) is 19.7 Å². The largest absolute Gasteiger partial charge is 0.479 e. The fourth-order valence-corrected chi connectivity index (χ4v) is 1.44. The number of aliphatic hydroxyl groups is 4. The van der Waals surface area contributed by atoms with E-state index in [-0.39, 0.29) is 6.61 Å². The number of hydrogen-bond donors (Lipinski definition) is 5. The van der Waals surface area contributed by atoms with Crippen LogP contribution in [-0.4, -0.2) is 74.9 Å².